The van der Waals surface area contributed by atoms with Gasteiger partial charge in [0.2, 0.25) is 0 Å². The number of benzene rings is 1. The first kappa shape index (κ1) is 11.3. The molecule has 4 nitrogen and oxygen atoms in total. The van der Waals surface area contributed by atoms with Crippen molar-refractivity contribution in [2.75, 3.05) is 6.61 Å². The van der Waals surface area contributed by atoms with E-state index in [1.54, 1.807) is 4.68 Å². The van der Waals surface area contributed by atoms with Crippen molar-refractivity contribution in [3.05, 3.63) is 47.3 Å². The largest absolute Gasteiger partial charge is 0.493 e. The van der Waals surface area contributed by atoms with Gasteiger partial charge < -0.3 is 9.84 Å². The number of ether oxygens (including phenoxy) is 1. The number of aliphatic hydroxyl groups excluding tert-OH is 1. The predicted molar refractivity (Wildman–Crippen MR) is 67.5 cm³/mol. The molecule has 0 fully saturated rings. The SMILES string of the molecule is Cn1ccc(C(O)c2cccc3c2OCCC3)n1. The summed E-state index contributed by atoms with van der Waals surface area (Å²) in [5.74, 6) is 0.835. The second-order valence-corrected chi connectivity index (χ2v) is 4.60. The Kier molecular flexibility index (Phi) is 2.80. The van der Waals surface area contributed by atoms with E-state index in [-0.39, 0.29) is 0 Å². The Morgan fingerprint density at radius 3 is 3.06 bits per heavy atom. The molecule has 1 unspecified atom stereocenters. The van der Waals surface area contributed by atoms with Gasteiger partial charge >= 0.3 is 0 Å². The van der Waals surface area contributed by atoms with Crippen LogP contribution in [-0.4, -0.2) is 21.5 Å². The first-order chi connectivity index (χ1) is 8.75. The maximum Gasteiger partial charge on any atom is 0.128 e. The molecule has 1 aliphatic heterocycles. The van der Waals surface area contributed by atoms with Crippen LogP contribution in [0.5, 0.6) is 5.75 Å². The van der Waals surface area contributed by atoms with Crippen molar-refractivity contribution in [1.29, 1.82) is 0 Å². The number of para-hydroxylation sites is 1. The van der Waals surface area contributed by atoms with E-state index in [9.17, 15) is 5.11 Å². The van der Waals surface area contributed by atoms with Crippen molar-refractivity contribution in [2.45, 2.75) is 18.9 Å². The van der Waals surface area contributed by atoms with Gasteiger partial charge in [-0.1, -0.05) is 18.2 Å². The van der Waals surface area contributed by atoms with Crippen LogP contribution in [0.15, 0.2) is 30.5 Å². The summed E-state index contributed by atoms with van der Waals surface area (Å²) in [5, 5.41) is 14.7. The Balaban J connectivity index is 2.01. The van der Waals surface area contributed by atoms with Crippen molar-refractivity contribution >= 4 is 0 Å². The van der Waals surface area contributed by atoms with E-state index >= 15 is 0 Å². The highest BCUT2D eigenvalue weighted by atomic mass is 16.5. The van der Waals surface area contributed by atoms with Crippen LogP contribution in [0.1, 0.15) is 29.3 Å². The number of rotatable bonds is 2. The molecule has 18 heavy (non-hydrogen) atoms. The fraction of sp³-hybridized carbons (Fsp3) is 0.357. The Morgan fingerprint density at radius 2 is 2.28 bits per heavy atom. The third-order valence-electron chi connectivity index (χ3n) is 3.27. The Labute approximate surface area is 106 Å². The van der Waals surface area contributed by atoms with Crippen molar-refractivity contribution in [3.63, 3.8) is 0 Å². The predicted octanol–water partition coefficient (Wildman–Crippen LogP) is 1.83. The van der Waals surface area contributed by atoms with Gasteiger partial charge in [0.05, 0.1) is 12.3 Å². The third kappa shape index (κ3) is 1.88. The topological polar surface area (TPSA) is 47.3 Å². The molecule has 1 aromatic heterocycles. The third-order valence-corrected chi connectivity index (χ3v) is 3.27. The molecule has 0 saturated carbocycles. The Hall–Kier alpha value is -1.81. The number of aliphatic hydroxyl groups is 1. The monoisotopic (exact) mass is 244 g/mol. The average molecular weight is 244 g/mol. The lowest BCUT2D eigenvalue weighted by Gasteiger charge is -2.22. The van der Waals surface area contributed by atoms with Crippen LogP contribution in [-0.2, 0) is 13.5 Å². The number of nitrogens with zero attached hydrogens (tertiary/aromatic N) is 2. The molecule has 0 amide bonds. The molecule has 1 atom stereocenters. The molecule has 0 saturated heterocycles. The van der Waals surface area contributed by atoms with E-state index in [4.69, 9.17) is 4.74 Å². The molecule has 2 heterocycles. The number of hydrogen-bond acceptors (Lipinski definition) is 3. The van der Waals surface area contributed by atoms with Gasteiger partial charge in [-0.2, -0.15) is 5.10 Å². The fourth-order valence-electron chi connectivity index (χ4n) is 2.37. The van der Waals surface area contributed by atoms with E-state index in [1.807, 2.05) is 31.4 Å². The molecule has 0 bridgehead atoms. The van der Waals surface area contributed by atoms with Crippen LogP contribution in [0, 0.1) is 0 Å². The molecule has 94 valence electrons. The highest BCUT2D eigenvalue weighted by Gasteiger charge is 2.21. The maximum absolute atomic E-state index is 10.4. The smallest absolute Gasteiger partial charge is 0.128 e. The van der Waals surface area contributed by atoms with E-state index in [0.29, 0.717) is 5.69 Å². The molecular weight excluding hydrogens is 228 g/mol. The highest BCUT2D eigenvalue weighted by molar-refractivity contribution is 5.45. The zero-order chi connectivity index (χ0) is 12.5. The molecule has 0 spiro atoms. The number of aromatic nitrogens is 2. The number of hydrogen-bond donors (Lipinski definition) is 1. The summed E-state index contributed by atoms with van der Waals surface area (Å²) in [6.45, 7) is 0.721. The fourth-order valence-corrected chi connectivity index (χ4v) is 2.37. The molecule has 3 rings (SSSR count). The molecule has 2 aromatic rings. The average Bonchev–Trinajstić information content (AvgIpc) is 2.84. The summed E-state index contributed by atoms with van der Waals surface area (Å²) < 4.78 is 7.40. The van der Waals surface area contributed by atoms with Crippen LogP contribution in [0.3, 0.4) is 0 Å². The summed E-state index contributed by atoms with van der Waals surface area (Å²) in [4.78, 5) is 0. The minimum atomic E-state index is -0.723. The van der Waals surface area contributed by atoms with Crippen LogP contribution in [0.4, 0.5) is 0 Å². The normalized spacial score (nSPS) is 15.9. The van der Waals surface area contributed by atoms with Gasteiger partial charge in [-0.05, 0) is 24.5 Å². The maximum atomic E-state index is 10.4. The van der Waals surface area contributed by atoms with Gasteiger partial charge in [0.25, 0.3) is 0 Å². The van der Waals surface area contributed by atoms with Crippen molar-refractivity contribution < 1.29 is 9.84 Å². The van der Waals surface area contributed by atoms with Gasteiger partial charge in [0.15, 0.2) is 0 Å². The summed E-state index contributed by atoms with van der Waals surface area (Å²) >= 11 is 0. The zero-order valence-electron chi connectivity index (χ0n) is 10.3. The summed E-state index contributed by atoms with van der Waals surface area (Å²) in [6, 6.07) is 7.76. The summed E-state index contributed by atoms with van der Waals surface area (Å²) in [6.07, 6.45) is 3.16. The van der Waals surface area contributed by atoms with Crippen molar-refractivity contribution in [1.82, 2.24) is 9.78 Å². The van der Waals surface area contributed by atoms with Crippen LogP contribution in [0.2, 0.25) is 0 Å². The van der Waals surface area contributed by atoms with E-state index in [0.717, 1.165) is 30.8 Å². The van der Waals surface area contributed by atoms with E-state index in [2.05, 4.69) is 11.2 Å². The first-order valence-corrected chi connectivity index (χ1v) is 6.18. The van der Waals surface area contributed by atoms with Gasteiger partial charge in [-0.15, -0.1) is 0 Å². The molecule has 1 N–H and O–H groups in total. The molecular formula is C14H16N2O2. The van der Waals surface area contributed by atoms with Gasteiger partial charge in [-0.25, -0.2) is 0 Å². The van der Waals surface area contributed by atoms with Crippen molar-refractivity contribution in [3.8, 4) is 5.75 Å². The van der Waals surface area contributed by atoms with Gasteiger partial charge in [0.1, 0.15) is 11.9 Å². The molecule has 4 heteroatoms. The van der Waals surface area contributed by atoms with Crippen molar-refractivity contribution in [2.24, 2.45) is 7.05 Å². The Morgan fingerprint density at radius 1 is 1.39 bits per heavy atom. The van der Waals surface area contributed by atoms with Gasteiger partial charge in [0, 0.05) is 18.8 Å². The summed E-state index contributed by atoms with van der Waals surface area (Å²) in [5.41, 5.74) is 2.64. The second-order valence-electron chi connectivity index (χ2n) is 4.60. The van der Waals surface area contributed by atoms with E-state index in [1.165, 1.54) is 5.56 Å². The Bertz CT molecular complexity index is 563. The molecule has 1 aromatic carbocycles. The lowest BCUT2D eigenvalue weighted by molar-refractivity contribution is 0.201. The van der Waals surface area contributed by atoms with E-state index < -0.39 is 6.10 Å². The van der Waals surface area contributed by atoms with Crippen LogP contribution < -0.4 is 4.74 Å². The van der Waals surface area contributed by atoms with Crippen LogP contribution in [0.25, 0.3) is 0 Å². The molecule has 1 aliphatic rings. The standard InChI is InChI=1S/C14H16N2O2/c1-16-8-7-12(15-16)13(17)11-6-2-4-10-5-3-9-18-14(10)11/h2,4,6-8,13,17H,3,5,9H2,1H3. The van der Waals surface area contributed by atoms with Gasteiger partial charge in [-0.3, -0.25) is 4.68 Å². The lowest BCUT2D eigenvalue weighted by Crippen LogP contribution is -2.13. The quantitative estimate of drug-likeness (QED) is 0.876. The minimum absolute atomic E-state index is 0.653. The first-order valence-electron chi connectivity index (χ1n) is 6.18. The highest BCUT2D eigenvalue weighted by Crippen LogP contribution is 2.34. The zero-order valence-corrected chi connectivity index (χ0v) is 10.3. The summed E-state index contributed by atoms with van der Waals surface area (Å²) in [7, 11) is 1.84. The van der Waals surface area contributed by atoms with Crippen LogP contribution >= 0.6 is 0 Å². The minimum Gasteiger partial charge on any atom is -0.493 e. The second kappa shape index (κ2) is 4.46. The lowest BCUT2D eigenvalue weighted by atomic mass is 9.98. The molecule has 0 radical (unpaired) electrons. The number of fused-ring (bicyclic) bond motifs is 1. The number of aryl methyl sites for hydroxylation is 2. The molecule has 0 aliphatic carbocycles.